The number of aliphatic hydroxyl groups excluding tert-OH is 1. The lowest BCUT2D eigenvalue weighted by atomic mass is 9.90. The predicted octanol–water partition coefficient (Wildman–Crippen LogP) is 1.08. The van der Waals surface area contributed by atoms with Crippen molar-refractivity contribution in [2.45, 2.75) is 39.2 Å². The van der Waals surface area contributed by atoms with Gasteiger partial charge >= 0.3 is 0 Å². The topological polar surface area (TPSA) is 35.5 Å². The third kappa shape index (κ3) is 4.49. The highest BCUT2D eigenvalue weighted by atomic mass is 16.3. The van der Waals surface area contributed by atoms with Crippen LogP contribution in [0, 0.1) is 5.92 Å². The summed E-state index contributed by atoms with van der Waals surface area (Å²) < 4.78 is 0. The number of aliphatic hydroxyl groups is 1. The number of likely N-dealkylation sites (tertiary alicyclic amines) is 1. The summed E-state index contributed by atoms with van der Waals surface area (Å²) in [6, 6.07) is 0.586. The zero-order valence-corrected chi connectivity index (χ0v) is 10.2. The Balaban J connectivity index is 2.36. The van der Waals surface area contributed by atoms with Crippen molar-refractivity contribution in [3.05, 3.63) is 0 Å². The molecule has 0 aliphatic carbocycles. The number of nitrogens with one attached hydrogen (secondary N) is 1. The normalized spacial score (nSPS) is 28.2. The van der Waals surface area contributed by atoms with Crippen molar-refractivity contribution in [1.29, 1.82) is 0 Å². The minimum atomic E-state index is 0.251. The van der Waals surface area contributed by atoms with Crippen molar-refractivity contribution in [1.82, 2.24) is 10.2 Å². The first-order valence-electron chi connectivity index (χ1n) is 6.36. The van der Waals surface area contributed by atoms with Gasteiger partial charge in [0.1, 0.15) is 0 Å². The molecule has 3 heteroatoms. The Kier molecular flexibility index (Phi) is 6.22. The van der Waals surface area contributed by atoms with E-state index in [0.717, 1.165) is 25.6 Å². The van der Waals surface area contributed by atoms with E-state index in [9.17, 15) is 0 Å². The molecule has 1 aliphatic rings. The van der Waals surface area contributed by atoms with Crippen LogP contribution in [-0.2, 0) is 0 Å². The smallest absolute Gasteiger partial charge is 0.0556 e. The molecule has 0 radical (unpaired) electrons. The molecule has 1 saturated heterocycles. The first kappa shape index (κ1) is 12.9. The van der Waals surface area contributed by atoms with Crippen molar-refractivity contribution in [3.8, 4) is 0 Å². The Morgan fingerprint density at radius 2 is 2.13 bits per heavy atom. The van der Waals surface area contributed by atoms with Crippen LogP contribution in [0.15, 0.2) is 0 Å². The highest BCUT2D eigenvalue weighted by Gasteiger charge is 2.25. The lowest BCUT2D eigenvalue weighted by Crippen LogP contribution is -2.49. The van der Waals surface area contributed by atoms with E-state index in [2.05, 4.69) is 24.1 Å². The first-order chi connectivity index (χ1) is 7.30. The van der Waals surface area contributed by atoms with E-state index in [1.54, 1.807) is 0 Å². The monoisotopic (exact) mass is 214 g/mol. The molecule has 0 aromatic carbocycles. The van der Waals surface area contributed by atoms with Crippen LogP contribution in [-0.4, -0.2) is 48.8 Å². The Hall–Kier alpha value is -0.120. The quantitative estimate of drug-likeness (QED) is 0.694. The minimum Gasteiger partial charge on any atom is -0.395 e. The maximum atomic E-state index is 8.81. The second-order valence-corrected chi connectivity index (χ2v) is 4.62. The summed E-state index contributed by atoms with van der Waals surface area (Å²) in [4.78, 5) is 2.53. The van der Waals surface area contributed by atoms with E-state index in [1.165, 1.54) is 25.8 Å². The van der Waals surface area contributed by atoms with Gasteiger partial charge < -0.3 is 15.3 Å². The average molecular weight is 214 g/mol. The fraction of sp³-hybridized carbons (Fsp3) is 1.00. The molecule has 15 heavy (non-hydrogen) atoms. The van der Waals surface area contributed by atoms with Gasteiger partial charge in [-0.25, -0.2) is 0 Å². The van der Waals surface area contributed by atoms with Crippen molar-refractivity contribution in [3.63, 3.8) is 0 Å². The van der Waals surface area contributed by atoms with Gasteiger partial charge in [0.25, 0.3) is 0 Å². The van der Waals surface area contributed by atoms with Crippen LogP contribution in [0.2, 0.25) is 0 Å². The van der Waals surface area contributed by atoms with Crippen molar-refractivity contribution >= 4 is 0 Å². The molecule has 1 fully saturated rings. The number of hydrogen-bond donors (Lipinski definition) is 2. The molecule has 1 aliphatic heterocycles. The molecule has 2 atom stereocenters. The second-order valence-electron chi connectivity index (χ2n) is 4.62. The van der Waals surface area contributed by atoms with Gasteiger partial charge in [0.2, 0.25) is 0 Å². The number of nitrogens with zero attached hydrogens (tertiary/aromatic N) is 1. The predicted molar refractivity (Wildman–Crippen MR) is 64.0 cm³/mol. The van der Waals surface area contributed by atoms with E-state index in [4.69, 9.17) is 5.11 Å². The molecule has 0 bridgehead atoms. The molecule has 1 heterocycles. The molecule has 0 amide bonds. The molecule has 0 aromatic heterocycles. The standard InChI is InChI=1S/C12H26N2O/c1-3-5-11-8-12(13-6-7-15)10-14(4-2)9-11/h11-13,15H,3-10H2,1-2H3. The van der Waals surface area contributed by atoms with E-state index >= 15 is 0 Å². The van der Waals surface area contributed by atoms with Crippen molar-refractivity contribution in [2.75, 3.05) is 32.8 Å². The SMILES string of the molecule is CCCC1CC(NCCO)CN(CC)C1. The molecule has 1 rings (SSSR count). The number of rotatable bonds is 6. The fourth-order valence-electron chi connectivity index (χ4n) is 2.59. The second kappa shape index (κ2) is 7.20. The van der Waals surface area contributed by atoms with Gasteiger partial charge in [0.05, 0.1) is 6.61 Å². The molecule has 2 unspecified atom stereocenters. The van der Waals surface area contributed by atoms with Crippen LogP contribution in [0.5, 0.6) is 0 Å². The fourth-order valence-corrected chi connectivity index (χ4v) is 2.59. The van der Waals surface area contributed by atoms with Crippen LogP contribution in [0.3, 0.4) is 0 Å². The van der Waals surface area contributed by atoms with Crippen molar-refractivity contribution < 1.29 is 5.11 Å². The van der Waals surface area contributed by atoms with Gasteiger partial charge in [-0.3, -0.25) is 0 Å². The van der Waals surface area contributed by atoms with Crippen molar-refractivity contribution in [2.24, 2.45) is 5.92 Å². The van der Waals surface area contributed by atoms with E-state index < -0.39 is 0 Å². The lowest BCUT2D eigenvalue weighted by molar-refractivity contribution is 0.137. The largest absolute Gasteiger partial charge is 0.395 e. The summed E-state index contributed by atoms with van der Waals surface area (Å²) in [6.07, 6.45) is 3.91. The maximum Gasteiger partial charge on any atom is 0.0556 e. The van der Waals surface area contributed by atoms with E-state index in [0.29, 0.717) is 6.04 Å². The first-order valence-corrected chi connectivity index (χ1v) is 6.36. The molecule has 90 valence electrons. The molecule has 0 saturated carbocycles. The van der Waals surface area contributed by atoms with Gasteiger partial charge in [-0.1, -0.05) is 20.3 Å². The third-order valence-corrected chi connectivity index (χ3v) is 3.30. The summed E-state index contributed by atoms with van der Waals surface area (Å²) in [7, 11) is 0. The van der Waals surface area contributed by atoms with E-state index in [-0.39, 0.29) is 6.61 Å². The van der Waals surface area contributed by atoms with Crippen LogP contribution < -0.4 is 5.32 Å². The minimum absolute atomic E-state index is 0.251. The third-order valence-electron chi connectivity index (χ3n) is 3.30. The number of likely N-dealkylation sites (N-methyl/N-ethyl adjacent to an activating group) is 1. The van der Waals surface area contributed by atoms with Gasteiger partial charge in [-0.05, 0) is 25.3 Å². The van der Waals surface area contributed by atoms with Gasteiger partial charge in [0.15, 0.2) is 0 Å². The van der Waals surface area contributed by atoms with Gasteiger partial charge in [-0.15, -0.1) is 0 Å². The Morgan fingerprint density at radius 1 is 1.33 bits per heavy atom. The summed E-state index contributed by atoms with van der Waals surface area (Å²) in [5, 5.41) is 12.2. The van der Waals surface area contributed by atoms with Crippen LogP contribution in [0.4, 0.5) is 0 Å². The zero-order valence-electron chi connectivity index (χ0n) is 10.2. The Bertz CT molecular complexity index is 164. The Labute approximate surface area is 93.9 Å². The highest BCUT2D eigenvalue weighted by molar-refractivity contribution is 4.82. The summed E-state index contributed by atoms with van der Waals surface area (Å²) in [6.45, 7) is 9.05. The molecule has 0 aromatic rings. The molecule has 3 nitrogen and oxygen atoms in total. The lowest BCUT2D eigenvalue weighted by Gasteiger charge is -2.37. The average Bonchev–Trinajstić information content (AvgIpc) is 2.26. The summed E-state index contributed by atoms with van der Waals surface area (Å²) in [5.41, 5.74) is 0. The number of piperidine rings is 1. The molecule has 2 N–H and O–H groups in total. The van der Waals surface area contributed by atoms with Gasteiger partial charge in [0, 0.05) is 25.7 Å². The van der Waals surface area contributed by atoms with Gasteiger partial charge in [-0.2, -0.15) is 0 Å². The zero-order chi connectivity index (χ0) is 11.1. The summed E-state index contributed by atoms with van der Waals surface area (Å²) >= 11 is 0. The van der Waals surface area contributed by atoms with Crippen LogP contribution in [0.25, 0.3) is 0 Å². The molecular weight excluding hydrogens is 188 g/mol. The van der Waals surface area contributed by atoms with Crippen LogP contribution >= 0.6 is 0 Å². The highest BCUT2D eigenvalue weighted by Crippen LogP contribution is 2.20. The number of hydrogen-bond acceptors (Lipinski definition) is 3. The van der Waals surface area contributed by atoms with E-state index in [1.807, 2.05) is 0 Å². The maximum absolute atomic E-state index is 8.81. The molecular formula is C12H26N2O. The summed E-state index contributed by atoms with van der Waals surface area (Å²) in [5.74, 6) is 0.847. The Morgan fingerprint density at radius 3 is 2.73 bits per heavy atom. The van der Waals surface area contributed by atoms with Crippen LogP contribution in [0.1, 0.15) is 33.1 Å². The molecule has 0 spiro atoms.